The molecule has 17 heavy (non-hydrogen) atoms. The van der Waals surface area contributed by atoms with Crippen LogP contribution in [0, 0.1) is 0 Å². The molecular formula is C12H20O5. The number of ether oxygens (including phenoxy) is 1. The van der Waals surface area contributed by atoms with Crippen molar-refractivity contribution in [3.8, 4) is 0 Å². The van der Waals surface area contributed by atoms with Gasteiger partial charge in [0.25, 0.3) is 0 Å². The molecule has 0 saturated carbocycles. The molecule has 1 rings (SSSR count). The van der Waals surface area contributed by atoms with E-state index in [1.807, 2.05) is 6.92 Å². The Labute approximate surface area is 101 Å². The van der Waals surface area contributed by atoms with Crippen LogP contribution in [0.25, 0.3) is 0 Å². The average Bonchev–Trinajstić information content (AvgIpc) is 2.31. The molecule has 0 saturated heterocycles. The van der Waals surface area contributed by atoms with Crippen molar-refractivity contribution in [2.24, 2.45) is 0 Å². The Kier molecular flexibility index (Phi) is 5.61. The third kappa shape index (κ3) is 4.11. The first kappa shape index (κ1) is 14.2. The van der Waals surface area contributed by atoms with E-state index in [1.54, 1.807) is 6.08 Å². The van der Waals surface area contributed by atoms with Crippen LogP contribution in [-0.4, -0.2) is 45.7 Å². The van der Waals surface area contributed by atoms with Crippen molar-refractivity contribution in [3.63, 3.8) is 0 Å². The Morgan fingerprint density at radius 1 is 1.41 bits per heavy atom. The molecule has 0 aromatic rings. The van der Waals surface area contributed by atoms with Gasteiger partial charge in [0.05, 0.1) is 0 Å². The van der Waals surface area contributed by atoms with Gasteiger partial charge < -0.3 is 20.1 Å². The summed E-state index contributed by atoms with van der Waals surface area (Å²) in [4.78, 5) is 11.5. The van der Waals surface area contributed by atoms with Crippen molar-refractivity contribution in [1.29, 1.82) is 0 Å². The number of carbonyl (C=O) groups is 1. The number of allylic oxidation sites excluding steroid dienone is 1. The van der Waals surface area contributed by atoms with Gasteiger partial charge in [-0.05, 0) is 19.3 Å². The second kappa shape index (κ2) is 6.74. The lowest BCUT2D eigenvalue weighted by Gasteiger charge is -2.27. The summed E-state index contributed by atoms with van der Waals surface area (Å²) < 4.78 is 5.03. The van der Waals surface area contributed by atoms with Gasteiger partial charge in [-0.15, -0.1) is 0 Å². The second-order valence-electron chi connectivity index (χ2n) is 4.27. The van der Waals surface area contributed by atoms with Gasteiger partial charge in [-0.3, -0.25) is 0 Å². The summed E-state index contributed by atoms with van der Waals surface area (Å²) >= 11 is 0. The van der Waals surface area contributed by atoms with Crippen LogP contribution in [0.3, 0.4) is 0 Å². The Morgan fingerprint density at radius 2 is 2.12 bits per heavy atom. The van der Waals surface area contributed by atoms with Crippen molar-refractivity contribution in [2.75, 3.05) is 0 Å². The van der Waals surface area contributed by atoms with Gasteiger partial charge in [0.2, 0.25) is 0 Å². The number of aliphatic hydroxyl groups excluding tert-OH is 3. The number of aliphatic hydroxyl groups is 3. The summed E-state index contributed by atoms with van der Waals surface area (Å²) in [6.45, 7) is 1.89. The quantitative estimate of drug-likeness (QED) is 0.475. The summed E-state index contributed by atoms with van der Waals surface area (Å²) in [5.41, 5.74) is 0. The molecule has 3 N–H and O–H groups in total. The molecule has 5 heteroatoms. The molecule has 0 amide bonds. The zero-order valence-electron chi connectivity index (χ0n) is 9.95. The smallest absolute Gasteiger partial charge is 0.335 e. The number of esters is 1. The predicted molar refractivity (Wildman–Crippen MR) is 61.2 cm³/mol. The fourth-order valence-corrected chi connectivity index (χ4v) is 1.75. The summed E-state index contributed by atoms with van der Waals surface area (Å²) in [6.07, 6.45) is 0.857. The van der Waals surface area contributed by atoms with Gasteiger partial charge >= 0.3 is 5.97 Å². The van der Waals surface area contributed by atoms with E-state index in [0.29, 0.717) is 19.3 Å². The van der Waals surface area contributed by atoms with E-state index in [9.17, 15) is 20.1 Å². The van der Waals surface area contributed by atoms with Crippen LogP contribution in [0.1, 0.15) is 32.6 Å². The molecule has 1 unspecified atom stereocenters. The summed E-state index contributed by atoms with van der Waals surface area (Å²) in [6, 6.07) is 0. The van der Waals surface area contributed by atoms with Crippen molar-refractivity contribution in [1.82, 2.24) is 0 Å². The number of carbonyl (C=O) groups excluding carboxylic acids is 1. The van der Waals surface area contributed by atoms with E-state index in [-0.39, 0.29) is 6.42 Å². The Hall–Kier alpha value is -0.910. The van der Waals surface area contributed by atoms with Crippen LogP contribution < -0.4 is 0 Å². The number of cyclic esters (lactones) is 1. The molecule has 1 aliphatic rings. The van der Waals surface area contributed by atoms with Crippen molar-refractivity contribution < 1.29 is 24.9 Å². The van der Waals surface area contributed by atoms with Gasteiger partial charge in [-0.25, -0.2) is 4.79 Å². The minimum Gasteiger partial charge on any atom is -0.458 e. The zero-order valence-corrected chi connectivity index (χ0v) is 9.95. The first-order chi connectivity index (χ1) is 8.06. The van der Waals surface area contributed by atoms with Crippen LogP contribution in [0.4, 0.5) is 0 Å². The topological polar surface area (TPSA) is 87.0 Å². The summed E-state index contributed by atoms with van der Waals surface area (Å²) in [5, 5.41) is 29.0. The highest BCUT2D eigenvalue weighted by molar-refractivity contribution is 5.74. The Balaban J connectivity index is 2.80. The molecule has 0 aromatic carbocycles. The molecule has 0 bridgehead atoms. The minimum absolute atomic E-state index is 0.261. The lowest BCUT2D eigenvalue weighted by molar-refractivity contribution is -0.169. The maximum atomic E-state index is 11.5. The Bertz CT molecular complexity index is 276. The van der Waals surface area contributed by atoms with Gasteiger partial charge in [0.15, 0.2) is 6.10 Å². The Morgan fingerprint density at radius 3 is 2.76 bits per heavy atom. The SMILES string of the molecule is CCC[C@H]1OC(=O)C(O)CC/C=C/[C@@H](O)[C@@H]1O. The van der Waals surface area contributed by atoms with Gasteiger partial charge in [-0.2, -0.15) is 0 Å². The van der Waals surface area contributed by atoms with Crippen LogP contribution >= 0.6 is 0 Å². The maximum Gasteiger partial charge on any atom is 0.335 e. The van der Waals surface area contributed by atoms with E-state index in [1.165, 1.54) is 6.08 Å². The lowest BCUT2D eigenvalue weighted by Crippen LogP contribution is -2.41. The van der Waals surface area contributed by atoms with Gasteiger partial charge in [0, 0.05) is 0 Å². The highest BCUT2D eigenvalue weighted by Gasteiger charge is 2.30. The first-order valence-corrected chi connectivity index (χ1v) is 5.97. The molecule has 0 radical (unpaired) electrons. The molecule has 1 aliphatic heterocycles. The van der Waals surface area contributed by atoms with Crippen molar-refractivity contribution in [3.05, 3.63) is 12.2 Å². The summed E-state index contributed by atoms with van der Waals surface area (Å²) in [7, 11) is 0. The molecule has 0 aliphatic carbocycles. The fourth-order valence-electron chi connectivity index (χ4n) is 1.75. The number of hydrogen-bond acceptors (Lipinski definition) is 5. The highest BCUT2D eigenvalue weighted by atomic mass is 16.6. The largest absolute Gasteiger partial charge is 0.458 e. The van der Waals surface area contributed by atoms with E-state index in [0.717, 1.165) is 0 Å². The molecule has 0 spiro atoms. The van der Waals surface area contributed by atoms with E-state index >= 15 is 0 Å². The molecule has 0 aromatic heterocycles. The minimum atomic E-state index is -1.17. The molecule has 0 fully saturated rings. The van der Waals surface area contributed by atoms with Crippen LogP contribution in [0.2, 0.25) is 0 Å². The lowest BCUT2D eigenvalue weighted by atomic mass is 10.0. The normalized spacial score (nSPS) is 37.3. The standard InChI is InChI=1S/C12H20O5/c1-2-5-10-11(15)8(13)6-3-4-7-9(14)12(16)17-10/h3,6,8-11,13-15H,2,4-5,7H2,1H3/b6-3+/t8-,9?,10-,11+/m1/s1. The number of hydrogen-bond donors (Lipinski definition) is 3. The fraction of sp³-hybridized carbons (Fsp3) is 0.750. The van der Waals surface area contributed by atoms with E-state index < -0.39 is 30.4 Å². The maximum absolute atomic E-state index is 11.5. The third-order valence-corrected chi connectivity index (χ3v) is 2.78. The average molecular weight is 244 g/mol. The van der Waals surface area contributed by atoms with Crippen LogP contribution in [0.5, 0.6) is 0 Å². The summed E-state index contributed by atoms with van der Waals surface area (Å²) in [5.74, 6) is -0.731. The molecule has 98 valence electrons. The third-order valence-electron chi connectivity index (χ3n) is 2.78. The van der Waals surface area contributed by atoms with E-state index in [4.69, 9.17) is 4.74 Å². The van der Waals surface area contributed by atoms with Crippen LogP contribution in [0.15, 0.2) is 12.2 Å². The van der Waals surface area contributed by atoms with E-state index in [2.05, 4.69) is 0 Å². The van der Waals surface area contributed by atoms with Crippen molar-refractivity contribution >= 4 is 5.97 Å². The monoisotopic (exact) mass is 244 g/mol. The highest BCUT2D eigenvalue weighted by Crippen LogP contribution is 2.16. The van der Waals surface area contributed by atoms with Gasteiger partial charge in [-0.1, -0.05) is 25.5 Å². The second-order valence-corrected chi connectivity index (χ2v) is 4.27. The van der Waals surface area contributed by atoms with Crippen molar-refractivity contribution in [2.45, 2.75) is 57.0 Å². The predicted octanol–water partition coefficient (Wildman–Crippen LogP) is 0.131. The molecule has 5 nitrogen and oxygen atoms in total. The molecule has 4 atom stereocenters. The zero-order chi connectivity index (χ0) is 12.8. The molecular weight excluding hydrogens is 224 g/mol. The van der Waals surface area contributed by atoms with Crippen LogP contribution in [-0.2, 0) is 9.53 Å². The first-order valence-electron chi connectivity index (χ1n) is 5.97. The molecule has 1 heterocycles. The van der Waals surface area contributed by atoms with Gasteiger partial charge in [0.1, 0.15) is 18.3 Å². The number of rotatable bonds is 2.